The number of carbonyl (C=O) groups is 1. The van der Waals surface area contributed by atoms with E-state index in [0.717, 1.165) is 36.9 Å². The predicted octanol–water partition coefficient (Wildman–Crippen LogP) is 6.39. The van der Waals surface area contributed by atoms with Gasteiger partial charge in [0.1, 0.15) is 6.29 Å². The summed E-state index contributed by atoms with van der Waals surface area (Å²) >= 11 is 0. The average Bonchev–Trinajstić information content (AvgIpc) is 2.59. The van der Waals surface area contributed by atoms with Gasteiger partial charge in [-0.3, -0.25) is 4.79 Å². The minimum atomic E-state index is 0.726. The van der Waals surface area contributed by atoms with E-state index in [0.29, 0.717) is 0 Å². The standard InChI is InChI=1S/C21H33NO/c1-2-3-4-5-6-7-8-9-10-11-12-13-17-22-21-16-14-15-20(18-21)19-23/h10-11,14-16,18-19,22H,2-9,12-13,17H2,1H3. The lowest BCUT2D eigenvalue weighted by molar-refractivity contribution is 0.112. The molecule has 0 saturated heterocycles. The molecule has 23 heavy (non-hydrogen) atoms. The number of nitrogens with one attached hydrogen (secondary N) is 1. The number of allylic oxidation sites excluding steroid dienone is 2. The van der Waals surface area contributed by atoms with E-state index in [9.17, 15) is 4.79 Å². The topological polar surface area (TPSA) is 29.1 Å². The second kappa shape index (κ2) is 14.0. The highest BCUT2D eigenvalue weighted by Crippen LogP contribution is 2.10. The Kier molecular flexibility index (Phi) is 11.9. The highest BCUT2D eigenvalue weighted by Gasteiger charge is 1.93. The van der Waals surface area contributed by atoms with Crippen molar-refractivity contribution in [3.63, 3.8) is 0 Å². The van der Waals surface area contributed by atoms with Crippen LogP contribution in [0.5, 0.6) is 0 Å². The van der Waals surface area contributed by atoms with Gasteiger partial charge in [-0.1, -0.05) is 69.7 Å². The normalized spacial score (nSPS) is 11.0. The second-order valence-corrected chi connectivity index (χ2v) is 6.19. The van der Waals surface area contributed by atoms with Gasteiger partial charge in [-0.15, -0.1) is 0 Å². The molecule has 0 bridgehead atoms. The van der Waals surface area contributed by atoms with Gasteiger partial charge in [0.25, 0.3) is 0 Å². The maximum absolute atomic E-state index is 10.7. The first-order valence-corrected chi connectivity index (χ1v) is 9.31. The highest BCUT2D eigenvalue weighted by molar-refractivity contribution is 5.76. The average molecular weight is 316 g/mol. The molecule has 0 aromatic heterocycles. The van der Waals surface area contributed by atoms with Gasteiger partial charge in [0.05, 0.1) is 0 Å². The molecule has 0 aliphatic rings. The summed E-state index contributed by atoms with van der Waals surface area (Å²) in [4.78, 5) is 10.7. The van der Waals surface area contributed by atoms with Gasteiger partial charge in [-0.05, 0) is 37.8 Å². The number of anilines is 1. The zero-order chi connectivity index (χ0) is 16.6. The Labute approximate surface area is 142 Å². The molecule has 0 fully saturated rings. The SMILES string of the molecule is CCCCCCCCCC=CCCCNc1cccc(C=O)c1. The molecule has 1 aromatic carbocycles. The third-order valence-electron chi connectivity index (χ3n) is 4.04. The van der Waals surface area contributed by atoms with Gasteiger partial charge in [0, 0.05) is 17.8 Å². The van der Waals surface area contributed by atoms with E-state index < -0.39 is 0 Å². The number of carbonyl (C=O) groups excluding carboxylic acids is 1. The van der Waals surface area contributed by atoms with Crippen LogP contribution >= 0.6 is 0 Å². The Bertz CT molecular complexity index is 439. The fourth-order valence-electron chi connectivity index (χ4n) is 2.63. The van der Waals surface area contributed by atoms with E-state index >= 15 is 0 Å². The van der Waals surface area contributed by atoms with E-state index in [2.05, 4.69) is 24.4 Å². The van der Waals surface area contributed by atoms with E-state index in [4.69, 9.17) is 0 Å². The van der Waals surface area contributed by atoms with Crippen molar-refractivity contribution < 1.29 is 4.79 Å². The van der Waals surface area contributed by atoms with Crippen molar-refractivity contribution >= 4 is 12.0 Å². The number of unbranched alkanes of at least 4 members (excludes halogenated alkanes) is 8. The lowest BCUT2D eigenvalue weighted by Crippen LogP contribution is -2.01. The zero-order valence-corrected chi connectivity index (χ0v) is 14.7. The van der Waals surface area contributed by atoms with Gasteiger partial charge in [-0.2, -0.15) is 0 Å². The largest absolute Gasteiger partial charge is 0.385 e. The summed E-state index contributed by atoms with van der Waals surface area (Å²) in [6.07, 6.45) is 18.7. The fraction of sp³-hybridized carbons (Fsp3) is 0.571. The maximum atomic E-state index is 10.7. The first kappa shape index (κ1) is 19.5. The summed E-state index contributed by atoms with van der Waals surface area (Å²) in [6.45, 7) is 3.21. The van der Waals surface area contributed by atoms with E-state index in [1.807, 2.05) is 24.3 Å². The van der Waals surface area contributed by atoms with E-state index in [1.165, 1.54) is 51.4 Å². The molecular formula is C21H33NO. The molecule has 0 atom stereocenters. The molecule has 0 amide bonds. The van der Waals surface area contributed by atoms with Crippen LogP contribution in [-0.2, 0) is 0 Å². The molecule has 0 aliphatic heterocycles. The van der Waals surface area contributed by atoms with Crippen LogP contribution < -0.4 is 5.32 Å². The lowest BCUT2D eigenvalue weighted by atomic mass is 10.1. The van der Waals surface area contributed by atoms with Crippen molar-refractivity contribution in [2.45, 2.75) is 71.1 Å². The number of aldehydes is 1. The number of benzene rings is 1. The van der Waals surface area contributed by atoms with Crippen LogP contribution in [0.4, 0.5) is 5.69 Å². The van der Waals surface area contributed by atoms with Crippen LogP contribution in [0.1, 0.15) is 81.5 Å². The van der Waals surface area contributed by atoms with Gasteiger partial charge >= 0.3 is 0 Å². The van der Waals surface area contributed by atoms with E-state index in [-0.39, 0.29) is 0 Å². The fourth-order valence-corrected chi connectivity index (χ4v) is 2.63. The minimum Gasteiger partial charge on any atom is -0.385 e. The summed E-state index contributed by atoms with van der Waals surface area (Å²) in [6, 6.07) is 7.63. The number of rotatable bonds is 14. The van der Waals surface area contributed by atoms with Crippen molar-refractivity contribution in [2.24, 2.45) is 0 Å². The van der Waals surface area contributed by atoms with Gasteiger partial charge in [0.15, 0.2) is 0 Å². The van der Waals surface area contributed by atoms with Crippen molar-refractivity contribution in [1.82, 2.24) is 0 Å². The molecule has 2 nitrogen and oxygen atoms in total. The molecule has 1 N–H and O–H groups in total. The summed E-state index contributed by atoms with van der Waals surface area (Å²) < 4.78 is 0. The molecule has 0 aliphatic carbocycles. The smallest absolute Gasteiger partial charge is 0.150 e. The Morgan fingerprint density at radius 2 is 1.61 bits per heavy atom. The van der Waals surface area contributed by atoms with Crippen LogP contribution in [0.3, 0.4) is 0 Å². The van der Waals surface area contributed by atoms with Gasteiger partial charge < -0.3 is 5.32 Å². The van der Waals surface area contributed by atoms with Crippen LogP contribution in [0, 0.1) is 0 Å². The zero-order valence-electron chi connectivity index (χ0n) is 14.7. The van der Waals surface area contributed by atoms with Crippen LogP contribution in [0.2, 0.25) is 0 Å². The van der Waals surface area contributed by atoms with Crippen LogP contribution in [0.15, 0.2) is 36.4 Å². The van der Waals surface area contributed by atoms with Crippen molar-refractivity contribution in [2.75, 3.05) is 11.9 Å². The minimum absolute atomic E-state index is 0.726. The van der Waals surface area contributed by atoms with Gasteiger partial charge in [0.2, 0.25) is 0 Å². The number of hydrogen-bond acceptors (Lipinski definition) is 2. The summed E-state index contributed by atoms with van der Waals surface area (Å²) in [5.41, 5.74) is 1.76. The molecule has 0 radical (unpaired) electrons. The second-order valence-electron chi connectivity index (χ2n) is 6.19. The molecule has 0 saturated carbocycles. The molecular weight excluding hydrogens is 282 g/mol. The molecule has 1 aromatic rings. The molecule has 2 heteroatoms. The Morgan fingerprint density at radius 3 is 2.35 bits per heavy atom. The van der Waals surface area contributed by atoms with Crippen LogP contribution in [0.25, 0.3) is 0 Å². The summed E-state index contributed by atoms with van der Waals surface area (Å²) in [5, 5.41) is 3.36. The lowest BCUT2D eigenvalue weighted by Gasteiger charge is -2.05. The third kappa shape index (κ3) is 10.7. The third-order valence-corrected chi connectivity index (χ3v) is 4.04. The monoisotopic (exact) mass is 315 g/mol. The molecule has 0 spiro atoms. The number of hydrogen-bond donors (Lipinski definition) is 1. The van der Waals surface area contributed by atoms with E-state index in [1.54, 1.807) is 0 Å². The maximum Gasteiger partial charge on any atom is 0.150 e. The Hall–Kier alpha value is -1.57. The quantitative estimate of drug-likeness (QED) is 0.245. The highest BCUT2D eigenvalue weighted by atomic mass is 16.1. The molecule has 1 rings (SSSR count). The molecule has 0 unspecified atom stereocenters. The predicted molar refractivity (Wildman–Crippen MR) is 101 cm³/mol. The molecule has 0 heterocycles. The van der Waals surface area contributed by atoms with Crippen LogP contribution in [-0.4, -0.2) is 12.8 Å². The van der Waals surface area contributed by atoms with Gasteiger partial charge in [-0.25, -0.2) is 0 Å². The van der Waals surface area contributed by atoms with Crippen molar-refractivity contribution in [3.05, 3.63) is 42.0 Å². The van der Waals surface area contributed by atoms with Crippen molar-refractivity contribution in [1.29, 1.82) is 0 Å². The van der Waals surface area contributed by atoms with Crippen molar-refractivity contribution in [3.8, 4) is 0 Å². The first-order chi connectivity index (χ1) is 11.4. The first-order valence-electron chi connectivity index (χ1n) is 9.31. The Morgan fingerprint density at radius 1 is 0.913 bits per heavy atom. The Balaban J connectivity index is 1.93. The summed E-state index contributed by atoms with van der Waals surface area (Å²) in [7, 11) is 0. The molecule has 128 valence electrons. The summed E-state index contributed by atoms with van der Waals surface area (Å²) in [5.74, 6) is 0.